The van der Waals surface area contributed by atoms with Crippen LogP contribution in [0.2, 0.25) is 0 Å². The van der Waals surface area contributed by atoms with E-state index >= 15 is 0 Å². The van der Waals surface area contributed by atoms with Crippen molar-refractivity contribution in [1.82, 2.24) is 21.3 Å². The van der Waals surface area contributed by atoms with Gasteiger partial charge in [0.25, 0.3) is 0 Å². The molecule has 0 unspecified atom stereocenters. The predicted molar refractivity (Wildman–Crippen MR) is 325 cm³/mol. The van der Waals surface area contributed by atoms with Crippen molar-refractivity contribution in [3.63, 3.8) is 0 Å². The SMILES string of the molecule is CCCOc1c2cc(C(C)(C)C)cc1Cc1cc(C(C)(C)C)cc(c1OCCCCNC(=O)NC(C)(C)C)Cc1cc(C(C)(C)C)cc(c1OCCC)Cc1cc(C(C)(C)C)cc(c1OCCCCNC(=O)NC(C)(C)C)C2. The van der Waals surface area contributed by atoms with Gasteiger partial charge in [0.1, 0.15) is 23.0 Å². The molecule has 4 aromatic rings. The van der Waals surface area contributed by atoms with Crippen LogP contribution in [0, 0.1) is 0 Å². The Labute approximate surface area is 473 Å². The highest BCUT2D eigenvalue weighted by atomic mass is 16.5. The fraction of sp³-hybridized carbons (Fsp3) is 0.618. The lowest BCUT2D eigenvalue weighted by molar-refractivity contribution is 0.230. The summed E-state index contributed by atoms with van der Waals surface area (Å²) in [5.74, 6) is 3.66. The predicted octanol–water partition coefficient (Wildman–Crippen LogP) is 15.6. The smallest absolute Gasteiger partial charge is 0.315 e. The molecule has 0 saturated carbocycles. The van der Waals surface area contributed by atoms with E-state index in [1.165, 1.54) is 22.3 Å². The maximum atomic E-state index is 12.7. The van der Waals surface area contributed by atoms with Crippen LogP contribution in [0.25, 0.3) is 0 Å². The lowest BCUT2D eigenvalue weighted by Crippen LogP contribution is -2.46. The van der Waals surface area contributed by atoms with Gasteiger partial charge in [-0.2, -0.15) is 0 Å². The van der Waals surface area contributed by atoms with Gasteiger partial charge in [-0.25, -0.2) is 9.59 Å². The maximum absolute atomic E-state index is 12.7. The molecule has 5 rings (SSSR count). The number of amides is 4. The molecule has 10 nitrogen and oxygen atoms in total. The van der Waals surface area contributed by atoms with Gasteiger partial charge in [0.15, 0.2) is 0 Å². The largest absolute Gasteiger partial charge is 0.493 e. The third kappa shape index (κ3) is 18.9. The van der Waals surface area contributed by atoms with E-state index in [1.807, 2.05) is 41.5 Å². The summed E-state index contributed by atoms with van der Waals surface area (Å²) in [7, 11) is 0. The van der Waals surface area contributed by atoms with Gasteiger partial charge in [0.2, 0.25) is 0 Å². The van der Waals surface area contributed by atoms with E-state index in [0.29, 0.717) is 65.2 Å². The van der Waals surface area contributed by atoms with Crippen molar-refractivity contribution in [3.05, 3.63) is 115 Å². The molecule has 0 aromatic heterocycles. The molecule has 0 aliphatic heterocycles. The zero-order valence-corrected chi connectivity index (χ0v) is 52.4. The number of benzene rings is 4. The Balaban J connectivity index is 1.82. The Morgan fingerprint density at radius 3 is 0.769 bits per heavy atom. The normalized spacial score (nSPS) is 13.4. The van der Waals surface area contributed by atoms with Gasteiger partial charge in [-0.1, -0.05) is 145 Å². The first-order valence-electron chi connectivity index (χ1n) is 29.4. The van der Waals surface area contributed by atoms with Crippen LogP contribution in [0.4, 0.5) is 9.59 Å². The summed E-state index contributed by atoms with van der Waals surface area (Å²) in [6.07, 6.45) is 7.21. The van der Waals surface area contributed by atoms with Crippen molar-refractivity contribution in [2.24, 2.45) is 0 Å². The van der Waals surface area contributed by atoms with E-state index < -0.39 is 0 Å². The first kappa shape index (κ1) is 63.5. The summed E-state index contributed by atoms with van der Waals surface area (Å²) < 4.78 is 28.5. The van der Waals surface area contributed by atoms with Crippen LogP contribution in [-0.4, -0.2) is 62.7 Å². The van der Waals surface area contributed by atoms with Gasteiger partial charge in [-0.05, 0) is 168 Å². The molecule has 1 aliphatic carbocycles. The molecule has 78 heavy (non-hydrogen) atoms. The molecule has 10 heteroatoms. The molecule has 0 heterocycles. The highest BCUT2D eigenvalue weighted by molar-refractivity contribution is 5.75. The molecule has 0 radical (unpaired) electrons. The molecule has 0 saturated heterocycles. The second kappa shape index (κ2) is 26.3. The van der Waals surface area contributed by atoms with Gasteiger partial charge >= 0.3 is 12.1 Å². The minimum absolute atomic E-state index is 0.157. The summed E-state index contributed by atoms with van der Waals surface area (Å²) in [6, 6.07) is 18.8. The lowest BCUT2D eigenvalue weighted by Gasteiger charge is -2.29. The van der Waals surface area contributed by atoms with Gasteiger partial charge in [0.05, 0.1) is 26.4 Å². The third-order valence-corrected chi connectivity index (χ3v) is 14.0. The van der Waals surface area contributed by atoms with Crippen LogP contribution in [0.15, 0.2) is 48.5 Å². The summed E-state index contributed by atoms with van der Waals surface area (Å²) >= 11 is 0. The molecule has 4 N–H and O–H groups in total. The second-order valence-electron chi connectivity index (χ2n) is 28.3. The Kier molecular flexibility index (Phi) is 21.4. The number of unbranched alkanes of at least 4 members (excludes halogenated alkanes) is 2. The third-order valence-electron chi connectivity index (χ3n) is 14.0. The highest BCUT2D eigenvalue weighted by Gasteiger charge is 2.30. The van der Waals surface area contributed by atoms with E-state index in [0.717, 1.165) is 106 Å². The van der Waals surface area contributed by atoms with E-state index in [9.17, 15) is 9.59 Å². The van der Waals surface area contributed by atoms with Crippen LogP contribution in [-0.2, 0) is 47.3 Å². The van der Waals surface area contributed by atoms with Gasteiger partial charge in [0, 0.05) is 49.9 Å². The first-order valence-corrected chi connectivity index (χ1v) is 29.4. The molecule has 432 valence electrons. The van der Waals surface area contributed by atoms with Crippen LogP contribution >= 0.6 is 0 Å². The number of carbonyl (C=O) groups excluding carboxylic acids is 2. The van der Waals surface area contributed by atoms with Gasteiger partial charge in [-0.3, -0.25) is 0 Å². The molecule has 8 bridgehead atoms. The summed E-state index contributed by atoms with van der Waals surface area (Å²) in [5, 5.41) is 12.1. The van der Waals surface area contributed by atoms with Crippen molar-refractivity contribution in [3.8, 4) is 23.0 Å². The summed E-state index contributed by atoms with van der Waals surface area (Å²) in [5.41, 5.74) is 12.7. The molecule has 4 amide bonds. The zero-order valence-electron chi connectivity index (χ0n) is 52.4. The van der Waals surface area contributed by atoms with E-state index in [-0.39, 0.29) is 44.8 Å². The molecule has 0 fully saturated rings. The number of fused-ring (bicyclic) bond motifs is 8. The Morgan fingerprint density at radius 1 is 0.359 bits per heavy atom. The Hall–Kier alpha value is -5.38. The molecule has 4 aromatic carbocycles. The van der Waals surface area contributed by atoms with E-state index in [2.05, 4.69) is 167 Å². The van der Waals surface area contributed by atoms with Crippen LogP contribution in [0.5, 0.6) is 23.0 Å². The van der Waals surface area contributed by atoms with Crippen molar-refractivity contribution < 1.29 is 28.5 Å². The molecular formula is C68H104N4O6. The molecule has 0 spiro atoms. The quantitative estimate of drug-likeness (QED) is 0.0649. The van der Waals surface area contributed by atoms with Gasteiger partial charge in [-0.15, -0.1) is 0 Å². The number of ether oxygens (including phenoxy) is 4. The summed E-state index contributed by atoms with van der Waals surface area (Å²) in [6.45, 7) is 47.1. The van der Waals surface area contributed by atoms with E-state index in [1.54, 1.807) is 0 Å². The molecule has 0 atom stereocenters. The number of hydrogen-bond donors (Lipinski definition) is 4. The van der Waals surface area contributed by atoms with E-state index in [4.69, 9.17) is 18.9 Å². The Morgan fingerprint density at radius 2 is 0.577 bits per heavy atom. The van der Waals surface area contributed by atoms with Crippen molar-refractivity contribution >= 4 is 12.1 Å². The number of urea groups is 2. The zero-order chi connectivity index (χ0) is 58.0. The maximum Gasteiger partial charge on any atom is 0.315 e. The van der Waals surface area contributed by atoms with Crippen molar-refractivity contribution in [2.45, 2.75) is 235 Å². The average Bonchev–Trinajstić information content (AvgIpc) is 3.28. The highest BCUT2D eigenvalue weighted by Crippen LogP contribution is 2.44. The fourth-order valence-electron chi connectivity index (χ4n) is 9.75. The number of hydrogen-bond acceptors (Lipinski definition) is 6. The van der Waals surface area contributed by atoms with Crippen molar-refractivity contribution in [1.29, 1.82) is 0 Å². The second-order valence-corrected chi connectivity index (χ2v) is 28.3. The number of nitrogens with one attached hydrogen (secondary N) is 4. The molecule has 1 aliphatic rings. The minimum atomic E-state index is -0.315. The van der Waals surface area contributed by atoms with Crippen LogP contribution in [0.1, 0.15) is 244 Å². The fourth-order valence-corrected chi connectivity index (χ4v) is 9.75. The number of rotatable bonds is 18. The topological polar surface area (TPSA) is 119 Å². The van der Waals surface area contributed by atoms with Crippen LogP contribution < -0.4 is 40.2 Å². The minimum Gasteiger partial charge on any atom is -0.493 e. The Bertz CT molecular complexity index is 2380. The van der Waals surface area contributed by atoms with Crippen molar-refractivity contribution in [2.75, 3.05) is 39.5 Å². The number of carbonyl (C=O) groups is 2. The van der Waals surface area contributed by atoms with Gasteiger partial charge < -0.3 is 40.2 Å². The average molecular weight is 1070 g/mol. The van der Waals surface area contributed by atoms with Crippen LogP contribution in [0.3, 0.4) is 0 Å². The first-order chi connectivity index (χ1) is 36.2. The monoisotopic (exact) mass is 1070 g/mol. The summed E-state index contributed by atoms with van der Waals surface area (Å²) in [4.78, 5) is 25.4. The lowest BCUT2D eigenvalue weighted by atomic mass is 9.79. The standard InChI is InChI=1S/C68H104N4O6/c1-21-29-75-57-45-33-49-41-55(65(9,10)11)43-51(59(49)77-31-25-23-27-69-61(73)71-67(15,16)17)35-47-39-54(64(6,7)8)40-48(58(47)76-30-22-2)36-52-44-56(66(12,13)14)42-50(34-46(57)38-53(37-45)63(3,4)5)60(52)78-32-26-24-28-70-62(74)72-68(18,19)20/h37-44H,21-36H2,1-20H3,(H2,69,71,73)(H2,70,72,74). The molecular weight excluding hydrogens is 969 g/mol.